The smallest absolute Gasteiger partial charge is 0.218 e. The standard InChI is InChI=1S/C15H22N2O/c16-15(18)9-10-17-14-8-4-7-13(14)11-12-5-2-1-3-6-12/h1-3,5-6,13-14,17H,4,7-11H2,(H2,16,18)/t13-,14-/m0/s1. The molecule has 0 unspecified atom stereocenters. The number of rotatable bonds is 6. The van der Waals surface area contributed by atoms with Crippen molar-refractivity contribution in [3.8, 4) is 0 Å². The quantitative estimate of drug-likeness (QED) is 0.805. The first kappa shape index (κ1) is 13.1. The summed E-state index contributed by atoms with van der Waals surface area (Å²) in [7, 11) is 0. The Hall–Kier alpha value is -1.35. The van der Waals surface area contributed by atoms with Gasteiger partial charge >= 0.3 is 0 Å². The molecule has 3 N–H and O–H groups in total. The third kappa shape index (κ3) is 3.84. The van der Waals surface area contributed by atoms with Crippen LogP contribution in [0.4, 0.5) is 0 Å². The summed E-state index contributed by atoms with van der Waals surface area (Å²) in [5, 5.41) is 3.48. The van der Waals surface area contributed by atoms with E-state index in [4.69, 9.17) is 5.73 Å². The highest BCUT2D eigenvalue weighted by atomic mass is 16.1. The third-order valence-electron chi connectivity index (χ3n) is 3.78. The first-order valence-electron chi connectivity index (χ1n) is 6.81. The van der Waals surface area contributed by atoms with Gasteiger partial charge in [0.2, 0.25) is 5.91 Å². The van der Waals surface area contributed by atoms with Crippen LogP contribution in [0.15, 0.2) is 30.3 Å². The van der Waals surface area contributed by atoms with E-state index in [1.165, 1.54) is 24.8 Å². The third-order valence-corrected chi connectivity index (χ3v) is 3.78. The largest absolute Gasteiger partial charge is 0.370 e. The van der Waals surface area contributed by atoms with Gasteiger partial charge in [-0.1, -0.05) is 36.8 Å². The minimum atomic E-state index is -0.222. The van der Waals surface area contributed by atoms with E-state index in [-0.39, 0.29) is 5.91 Å². The molecule has 3 heteroatoms. The number of nitrogens with one attached hydrogen (secondary N) is 1. The lowest BCUT2D eigenvalue weighted by Crippen LogP contribution is -2.35. The first-order valence-corrected chi connectivity index (χ1v) is 6.81. The molecule has 0 radical (unpaired) electrons. The van der Waals surface area contributed by atoms with Crippen molar-refractivity contribution in [2.45, 2.75) is 38.1 Å². The van der Waals surface area contributed by atoms with Gasteiger partial charge in [0, 0.05) is 19.0 Å². The van der Waals surface area contributed by atoms with Crippen LogP contribution in [-0.4, -0.2) is 18.5 Å². The van der Waals surface area contributed by atoms with Crippen LogP contribution in [0.1, 0.15) is 31.2 Å². The van der Waals surface area contributed by atoms with Crippen LogP contribution < -0.4 is 11.1 Å². The molecule has 0 saturated heterocycles. The molecular formula is C15H22N2O. The molecule has 0 spiro atoms. The van der Waals surface area contributed by atoms with Crippen molar-refractivity contribution < 1.29 is 4.79 Å². The molecule has 0 heterocycles. The zero-order chi connectivity index (χ0) is 12.8. The number of nitrogens with two attached hydrogens (primary N) is 1. The summed E-state index contributed by atoms with van der Waals surface area (Å²) in [4.78, 5) is 10.7. The molecule has 1 fully saturated rings. The van der Waals surface area contributed by atoms with Gasteiger partial charge in [0.15, 0.2) is 0 Å². The van der Waals surface area contributed by atoms with Crippen LogP contribution in [0.2, 0.25) is 0 Å². The number of primary amides is 1. The summed E-state index contributed by atoms with van der Waals surface area (Å²) in [5.74, 6) is 0.473. The molecule has 18 heavy (non-hydrogen) atoms. The molecule has 1 aromatic rings. The number of amides is 1. The molecule has 1 saturated carbocycles. The molecule has 98 valence electrons. The first-order chi connectivity index (χ1) is 8.75. The number of carbonyl (C=O) groups is 1. The van der Waals surface area contributed by atoms with Gasteiger partial charge < -0.3 is 11.1 Å². The van der Waals surface area contributed by atoms with E-state index in [0.29, 0.717) is 24.9 Å². The van der Waals surface area contributed by atoms with E-state index in [0.717, 1.165) is 6.42 Å². The summed E-state index contributed by atoms with van der Waals surface area (Å²) in [6, 6.07) is 11.2. The Bertz CT molecular complexity index is 377. The van der Waals surface area contributed by atoms with Crippen LogP contribution in [-0.2, 0) is 11.2 Å². The van der Waals surface area contributed by atoms with Crippen molar-refractivity contribution in [2.24, 2.45) is 11.7 Å². The van der Waals surface area contributed by atoms with E-state index < -0.39 is 0 Å². The van der Waals surface area contributed by atoms with Crippen molar-refractivity contribution in [3.05, 3.63) is 35.9 Å². The summed E-state index contributed by atoms with van der Waals surface area (Å²) in [6.07, 6.45) is 5.36. The van der Waals surface area contributed by atoms with Crippen LogP contribution in [0, 0.1) is 5.92 Å². The van der Waals surface area contributed by atoms with Gasteiger partial charge in [-0.15, -0.1) is 0 Å². The van der Waals surface area contributed by atoms with Crippen LogP contribution in [0.25, 0.3) is 0 Å². The van der Waals surface area contributed by atoms with Crippen LogP contribution in [0.5, 0.6) is 0 Å². The average molecular weight is 246 g/mol. The second-order valence-electron chi connectivity index (χ2n) is 5.16. The lowest BCUT2D eigenvalue weighted by molar-refractivity contribution is -0.117. The highest BCUT2D eigenvalue weighted by Crippen LogP contribution is 2.28. The molecular weight excluding hydrogens is 224 g/mol. The highest BCUT2D eigenvalue weighted by molar-refractivity contribution is 5.73. The van der Waals surface area contributed by atoms with E-state index >= 15 is 0 Å². The van der Waals surface area contributed by atoms with Crippen molar-refractivity contribution in [2.75, 3.05) is 6.54 Å². The van der Waals surface area contributed by atoms with Crippen molar-refractivity contribution in [1.82, 2.24) is 5.32 Å². The number of carbonyl (C=O) groups excluding carboxylic acids is 1. The Kier molecular flexibility index (Phi) is 4.76. The predicted molar refractivity (Wildman–Crippen MR) is 73.1 cm³/mol. The van der Waals surface area contributed by atoms with E-state index in [1.54, 1.807) is 0 Å². The zero-order valence-corrected chi connectivity index (χ0v) is 10.8. The van der Waals surface area contributed by atoms with Gasteiger partial charge in [0.25, 0.3) is 0 Å². The van der Waals surface area contributed by atoms with E-state index in [1.807, 2.05) is 0 Å². The SMILES string of the molecule is NC(=O)CCN[C@H]1CCC[C@H]1Cc1ccccc1. The summed E-state index contributed by atoms with van der Waals surface area (Å²) in [6.45, 7) is 0.714. The Morgan fingerprint density at radius 1 is 1.28 bits per heavy atom. The van der Waals surface area contributed by atoms with Gasteiger partial charge in [-0.3, -0.25) is 4.79 Å². The maximum absolute atomic E-state index is 10.7. The number of benzene rings is 1. The molecule has 1 aliphatic carbocycles. The number of hydrogen-bond acceptors (Lipinski definition) is 2. The molecule has 0 bridgehead atoms. The Morgan fingerprint density at radius 3 is 2.78 bits per heavy atom. The summed E-state index contributed by atoms with van der Waals surface area (Å²) < 4.78 is 0. The van der Waals surface area contributed by atoms with Crippen molar-refractivity contribution in [1.29, 1.82) is 0 Å². The Balaban J connectivity index is 1.82. The van der Waals surface area contributed by atoms with Crippen molar-refractivity contribution in [3.63, 3.8) is 0 Å². The topological polar surface area (TPSA) is 55.1 Å². The highest BCUT2D eigenvalue weighted by Gasteiger charge is 2.26. The molecule has 2 rings (SSSR count). The molecule has 1 amide bonds. The Labute approximate surface area is 109 Å². The molecule has 2 atom stereocenters. The minimum absolute atomic E-state index is 0.222. The monoisotopic (exact) mass is 246 g/mol. The maximum Gasteiger partial charge on any atom is 0.218 e. The maximum atomic E-state index is 10.7. The van der Waals surface area contributed by atoms with Crippen LogP contribution >= 0.6 is 0 Å². The minimum Gasteiger partial charge on any atom is -0.370 e. The average Bonchev–Trinajstić information content (AvgIpc) is 2.78. The summed E-state index contributed by atoms with van der Waals surface area (Å²) >= 11 is 0. The zero-order valence-electron chi connectivity index (χ0n) is 10.8. The molecule has 0 aromatic heterocycles. The Morgan fingerprint density at radius 2 is 2.06 bits per heavy atom. The summed E-state index contributed by atoms with van der Waals surface area (Å²) in [5.41, 5.74) is 6.56. The van der Waals surface area contributed by atoms with Gasteiger partial charge in [0.1, 0.15) is 0 Å². The van der Waals surface area contributed by atoms with Crippen LogP contribution in [0.3, 0.4) is 0 Å². The fraction of sp³-hybridized carbons (Fsp3) is 0.533. The van der Waals surface area contributed by atoms with Gasteiger partial charge in [-0.25, -0.2) is 0 Å². The van der Waals surface area contributed by atoms with Gasteiger partial charge in [-0.2, -0.15) is 0 Å². The fourth-order valence-corrected chi connectivity index (χ4v) is 2.85. The molecule has 1 aliphatic rings. The molecule has 1 aromatic carbocycles. The second-order valence-corrected chi connectivity index (χ2v) is 5.16. The fourth-order valence-electron chi connectivity index (χ4n) is 2.85. The predicted octanol–water partition coefficient (Wildman–Crippen LogP) is 1.86. The second kappa shape index (κ2) is 6.55. The number of hydrogen-bond donors (Lipinski definition) is 2. The lowest BCUT2D eigenvalue weighted by Gasteiger charge is -2.21. The van der Waals surface area contributed by atoms with Gasteiger partial charge in [0.05, 0.1) is 0 Å². The van der Waals surface area contributed by atoms with E-state index in [9.17, 15) is 4.79 Å². The van der Waals surface area contributed by atoms with Gasteiger partial charge in [-0.05, 0) is 30.7 Å². The normalized spacial score (nSPS) is 23.1. The van der Waals surface area contributed by atoms with Crippen molar-refractivity contribution >= 4 is 5.91 Å². The molecule has 0 aliphatic heterocycles. The lowest BCUT2D eigenvalue weighted by atomic mass is 9.94. The molecule has 3 nitrogen and oxygen atoms in total. The van der Waals surface area contributed by atoms with E-state index in [2.05, 4.69) is 35.6 Å².